The summed E-state index contributed by atoms with van der Waals surface area (Å²) in [7, 11) is 0. The van der Waals surface area contributed by atoms with Gasteiger partial charge in [0.2, 0.25) is 0 Å². The van der Waals surface area contributed by atoms with E-state index in [4.69, 9.17) is 0 Å². The van der Waals surface area contributed by atoms with Crippen LogP contribution in [0.25, 0.3) is 0 Å². The monoisotopic (exact) mass is 260 g/mol. The highest BCUT2D eigenvalue weighted by Gasteiger charge is 1.95. The van der Waals surface area contributed by atoms with Crippen LogP contribution in [0.5, 0.6) is 0 Å². The molecule has 0 aliphatic heterocycles. The van der Waals surface area contributed by atoms with E-state index in [1.165, 1.54) is 12.8 Å². The number of hydrogen-bond donors (Lipinski definition) is 0. The van der Waals surface area contributed by atoms with Crippen molar-refractivity contribution in [3.8, 4) is 0 Å². The van der Waals surface area contributed by atoms with Gasteiger partial charge in [0.05, 0.1) is 0 Å². The predicted molar refractivity (Wildman–Crippen MR) is 52.8 cm³/mol. The SMILES string of the molecule is CCC(Br)CCBr.[SiH4]. The highest BCUT2D eigenvalue weighted by molar-refractivity contribution is 9.10. The molecule has 0 aromatic heterocycles. The van der Waals surface area contributed by atoms with Crippen LogP contribution in [0.2, 0.25) is 0 Å². The first-order valence-corrected chi connectivity index (χ1v) is 4.55. The Hall–Kier alpha value is 1.18. The average Bonchev–Trinajstić information content (AvgIpc) is 1.68. The molecule has 0 bridgehead atoms. The summed E-state index contributed by atoms with van der Waals surface area (Å²) in [6, 6.07) is 0. The fourth-order valence-corrected chi connectivity index (χ4v) is 1.72. The predicted octanol–water partition coefficient (Wildman–Crippen LogP) is 1.49. The molecule has 1 atom stereocenters. The lowest BCUT2D eigenvalue weighted by atomic mass is 10.3. The van der Waals surface area contributed by atoms with Gasteiger partial charge in [0.25, 0.3) is 0 Å². The largest absolute Gasteiger partial charge is 0.0928 e. The van der Waals surface area contributed by atoms with Crippen LogP contribution in [0.15, 0.2) is 0 Å². The van der Waals surface area contributed by atoms with Crippen molar-refractivity contribution in [2.75, 3.05) is 5.33 Å². The molecule has 0 saturated heterocycles. The quantitative estimate of drug-likeness (QED) is 0.534. The van der Waals surface area contributed by atoms with E-state index >= 15 is 0 Å². The molecular weight excluding hydrogens is 248 g/mol. The molecule has 0 aromatic carbocycles. The van der Waals surface area contributed by atoms with Crippen molar-refractivity contribution >= 4 is 42.8 Å². The lowest BCUT2D eigenvalue weighted by molar-refractivity contribution is 0.816. The summed E-state index contributed by atoms with van der Waals surface area (Å²) >= 11 is 6.87. The van der Waals surface area contributed by atoms with Gasteiger partial charge >= 0.3 is 0 Å². The minimum atomic E-state index is 0. The van der Waals surface area contributed by atoms with Crippen molar-refractivity contribution in [1.82, 2.24) is 0 Å². The highest BCUT2D eigenvalue weighted by Crippen LogP contribution is 2.09. The first-order chi connectivity index (χ1) is 3.31. The topological polar surface area (TPSA) is 0 Å². The van der Waals surface area contributed by atoms with Crippen molar-refractivity contribution in [2.24, 2.45) is 0 Å². The van der Waals surface area contributed by atoms with E-state index in [1.54, 1.807) is 0 Å². The molecule has 0 aromatic rings. The van der Waals surface area contributed by atoms with Crippen molar-refractivity contribution < 1.29 is 0 Å². The molecule has 1 unspecified atom stereocenters. The lowest BCUT2D eigenvalue weighted by Crippen LogP contribution is -1.93. The third-order valence-corrected chi connectivity index (χ3v) is 2.43. The second-order valence-corrected chi connectivity index (χ2v) is 3.57. The molecule has 0 heterocycles. The summed E-state index contributed by atoms with van der Waals surface area (Å²) in [4.78, 5) is 0.715. The summed E-state index contributed by atoms with van der Waals surface area (Å²) in [6.07, 6.45) is 2.46. The van der Waals surface area contributed by atoms with Gasteiger partial charge in [-0.3, -0.25) is 0 Å². The van der Waals surface area contributed by atoms with Crippen LogP contribution >= 0.6 is 31.9 Å². The van der Waals surface area contributed by atoms with Gasteiger partial charge in [-0.05, 0) is 23.8 Å². The van der Waals surface area contributed by atoms with E-state index < -0.39 is 0 Å². The molecular formula is C5H14Br2Si. The molecule has 0 aliphatic carbocycles. The molecule has 0 amide bonds. The van der Waals surface area contributed by atoms with Gasteiger partial charge in [-0.15, -0.1) is 0 Å². The van der Waals surface area contributed by atoms with Crippen LogP contribution in [0.3, 0.4) is 0 Å². The van der Waals surface area contributed by atoms with Crippen LogP contribution in [-0.4, -0.2) is 21.1 Å². The van der Waals surface area contributed by atoms with Crippen molar-refractivity contribution in [2.45, 2.75) is 24.6 Å². The Kier molecular flexibility index (Phi) is 12.2. The first kappa shape index (κ1) is 11.9. The average molecular weight is 262 g/mol. The first-order valence-electron chi connectivity index (χ1n) is 2.51. The van der Waals surface area contributed by atoms with E-state index in [2.05, 4.69) is 38.8 Å². The Morgan fingerprint density at radius 1 is 1.50 bits per heavy atom. The van der Waals surface area contributed by atoms with Crippen LogP contribution in [0.4, 0.5) is 0 Å². The molecule has 0 saturated carbocycles. The summed E-state index contributed by atoms with van der Waals surface area (Å²) in [5, 5.41) is 1.11. The Morgan fingerprint density at radius 2 is 2.00 bits per heavy atom. The van der Waals surface area contributed by atoms with Gasteiger partial charge in [-0.2, -0.15) is 0 Å². The summed E-state index contributed by atoms with van der Waals surface area (Å²) in [6.45, 7) is 2.18. The molecule has 52 valence electrons. The number of rotatable bonds is 3. The number of hydrogen-bond acceptors (Lipinski definition) is 0. The molecule has 3 heteroatoms. The molecule has 0 spiro atoms. The van der Waals surface area contributed by atoms with E-state index in [9.17, 15) is 0 Å². The van der Waals surface area contributed by atoms with Gasteiger partial charge < -0.3 is 0 Å². The summed E-state index contributed by atoms with van der Waals surface area (Å²) < 4.78 is 0. The fourth-order valence-electron chi connectivity index (χ4n) is 0.323. The van der Waals surface area contributed by atoms with Crippen molar-refractivity contribution in [3.63, 3.8) is 0 Å². The number of alkyl halides is 2. The Morgan fingerprint density at radius 3 is 2.12 bits per heavy atom. The third-order valence-electron chi connectivity index (χ3n) is 0.865. The molecule has 0 fully saturated rings. The minimum absolute atomic E-state index is 0. The molecule has 0 nitrogen and oxygen atoms in total. The molecule has 0 rings (SSSR count). The third kappa shape index (κ3) is 7.18. The second kappa shape index (κ2) is 8.18. The second-order valence-electron chi connectivity index (χ2n) is 1.48. The van der Waals surface area contributed by atoms with Crippen LogP contribution < -0.4 is 0 Å². The maximum Gasteiger partial charge on any atom is 0.0151 e. The van der Waals surface area contributed by atoms with Crippen molar-refractivity contribution in [3.05, 3.63) is 0 Å². The molecule has 0 aliphatic rings. The Bertz CT molecular complexity index is 41.4. The zero-order valence-corrected chi connectivity index (χ0v) is 7.63. The highest BCUT2D eigenvalue weighted by atomic mass is 79.9. The summed E-state index contributed by atoms with van der Waals surface area (Å²) in [5.41, 5.74) is 0. The molecule has 0 N–H and O–H groups in total. The molecule has 8 heavy (non-hydrogen) atoms. The Labute approximate surface area is 72.7 Å². The minimum Gasteiger partial charge on any atom is -0.0928 e. The summed E-state index contributed by atoms with van der Waals surface area (Å²) in [5.74, 6) is 0. The Balaban J connectivity index is 0. The van der Waals surface area contributed by atoms with Gasteiger partial charge in [0, 0.05) is 10.2 Å². The van der Waals surface area contributed by atoms with Crippen LogP contribution in [0.1, 0.15) is 19.8 Å². The van der Waals surface area contributed by atoms with Crippen LogP contribution in [-0.2, 0) is 0 Å². The van der Waals surface area contributed by atoms with Gasteiger partial charge in [0.1, 0.15) is 0 Å². The zero-order chi connectivity index (χ0) is 5.70. The van der Waals surface area contributed by atoms with E-state index in [0.29, 0.717) is 4.83 Å². The number of halogens is 2. The zero-order valence-electron chi connectivity index (χ0n) is 4.45. The van der Waals surface area contributed by atoms with Gasteiger partial charge in [-0.25, -0.2) is 0 Å². The smallest absolute Gasteiger partial charge is 0.0151 e. The maximum absolute atomic E-state index is 3.51. The van der Waals surface area contributed by atoms with Gasteiger partial charge in [0.15, 0.2) is 0 Å². The van der Waals surface area contributed by atoms with E-state index in [0.717, 1.165) is 5.33 Å². The normalized spacial score (nSPS) is 12.4. The van der Waals surface area contributed by atoms with Crippen molar-refractivity contribution in [1.29, 1.82) is 0 Å². The fraction of sp³-hybridized carbons (Fsp3) is 1.00. The van der Waals surface area contributed by atoms with E-state index in [1.807, 2.05) is 0 Å². The standard InChI is InChI=1S/C5H10Br2.H4Si/c1-2-5(7)3-4-6;/h5H,2-4H2,1H3;1H4. The molecule has 0 radical (unpaired) electrons. The van der Waals surface area contributed by atoms with E-state index in [-0.39, 0.29) is 11.0 Å². The maximum atomic E-state index is 3.51. The van der Waals surface area contributed by atoms with Crippen LogP contribution in [0, 0.1) is 0 Å². The lowest BCUT2D eigenvalue weighted by Gasteiger charge is -1.99. The van der Waals surface area contributed by atoms with Gasteiger partial charge in [-0.1, -0.05) is 38.8 Å².